The second kappa shape index (κ2) is 7.22. The average molecular weight is 319 g/mol. The van der Waals surface area contributed by atoms with Crippen LogP contribution in [-0.2, 0) is 9.53 Å². The van der Waals surface area contributed by atoms with E-state index >= 15 is 0 Å². The zero-order chi connectivity index (χ0) is 15.4. The first-order valence-electron chi connectivity index (χ1n) is 7.77. The van der Waals surface area contributed by atoms with Crippen molar-refractivity contribution < 1.29 is 14.6 Å². The summed E-state index contributed by atoms with van der Waals surface area (Å²) in [5.41, 5.74) is 0. The number of ether oxygens (including phenoxy) is 1. The van der Waals surface area contributed by atoms with Gasteiger partial charge in [-0.3, -0.25) is 4.79 Å². The molecule has 1 fully saturated rings. The number of thiophene rings is 1. The van der Waals surface area contributed by atoms with Gasteiger partial charge >= 0.3 is 0 Å². The molecule has 4 nitrogen and oxygen atoms in total. The van der Waals surface area contributed by atoms with Gasteiger partial charge in [-0.2, -0.15) is 0 Å². The molecule has 118 valence electrons. The molecule has 2 heterocycles. The van der Waals surface area contributed by atoms with Crippen LogP contribution in [0.5, 0.6) is 0 Å². The minimum absolute atomic E-state index is 0.0179. The van der Waals surface area contributed by atoms with Gasteiger partial charge in [0.2, 0.25) is 5.91 Å². The third-order valence-electron chi connectivity index (χ3n) is 3.98. The summed E-state index contributed by atoms with van der Waals surface area (Å²) < 4.78 is 6.66. The van der Waals surface area contributed by atoms with Crippen molar-refractivity contribution in [3.8, 4) is 0 Å². The lowest BCUT2D eigenvalue weighted by atomic mass is 10.1. The molecular weight excluding hydrogens is 298 g/mol. The van der Waals surface area contributed by atoms with Gasteiger partial charge in [0.25, 0.3) is 0 Å². The number of amides is 1. The summed E-state index contributed by atoms with van der Waals surface area (Å²) in [6.45, 7) is 1.08. The van der Waals surface area contributed by atoms with Crippen molar-refractivity contribution in [2.75, 3.05) is 13.2 Å². The molecule has 0 radical (unpaired) electrons. The Kier molecular flexibility index (Phi) is 5.08. The van der Waals surface area contributed by atoms with Crippen molar-refractivity contribution in [2.24, 2.45) is 0 Å². The van der Waals surface area contributed by atoms with Crippen LogP contribution in [0.1, 0.15) is 36.7 Å². The lowest BCUT2D eigenvalue weighted by molar-refractivity contribution is -0.122. The van der Waals surface area contributed by atoms with Crippen molar-refractivity contribution in [1.29, 1.82) is 0 Å². The summed E-state index contributed by atoms with van der Waals surface area (Å²) in [5, 5.41) is 14.2. The van der Waals surface area contributed by atoms with Crippen LogP contribution in [0.2, 0.25) is 0 Å². The zero-order valence-corrected chi connectivity index (χ0v) is 13.3. The largest absolute Gasteiger partial charge is 0.386 e. The molecule has 0 saturated carbocycles. The van der Waals surface area contributed by atoms with Crippen LogP contribution in [0.15, 0.2) is 30.3 Å². The highest BCUT2D eigenvalue weighted by Crippen LogP contribution is 2.29. The van der Waals surface area contributed by atoms with Gasteiger partial charge in [0.1, 0.15) is 6.10 Å². The van der Waals surface area contributed by atoms with Gasteiger partial charge in [0.05, 0.1) is 6.10 Å². The third kappa shape index (κ3) is 3.85. The van der Waals surface area contributed by atoms with E-state index in [4.69, 9.17) is 4.74 Å². The number of nitrogens with one attached hydrogen (secondary N) is 1. The molecule has 1 aromatic carbocycles. The van der Waals surface area contributed by atoms with Crippen molar-refractivity contribution in [1.82, 2.24) is 5.32 Å². The van der Waals surface area contributed by atoms with E-state index in [9.17, 15) is 9.90 Å². The minimum Gasteiger partial charge on any atom is -0.386 e. The Bertz CT molecular complexity index is 601. The molecule has 2 unspecified atom stereocenters. The predicted octanol–water partition coefficient (Wildman–Crippen LogP) is 3.01. The molecule has 1 aromatic heterocycles. The highest BCUT2D eigenvalue weighted by molar-refractivity contribution is 7.19. The monoisotopic (exact) mass is 319 g/mol. The van der Waals surface area contributed by atoms with Crippen LogP contribution in [-0.4, -0.2) is 30.3 Å². The molecule has 0 aliphatic carbocycles. The SMILES string of the molecule is O=C(CCC1CCCO1)NCC(O)c1cc2ccccc2s1. The number of hydrogen-bond acceptors (Lipinski definition) is 4. The number of carbonyl (C=O) groups excluding carboxylic acids is 1. The fourth-order valence-corrected chi connectivity index (χ4v) is 3.78. The van der Waals surface area contributed by atoms with E-state index in [-0.39, 0.29) is 18.6 Å². The van der Waals surface area contributed by atoms with Crippen molar-refractivity contribution in [2.45, 2.75) is 37.9 Å². The van der Waals surface area contributed by atoms with E-state index < -0.39 is 6.10 Å². The molecule has 5 heteroatoms. The first-order valence-corrected chi connectivity index (χ1v) is 8.59. The Balaban J connectivity index is 1.46. The van der Waals surface area contributed by atoms with Gasteiger partial charge in [-0.1, -0.05) is 18.2 Å². The summed E-state index contributed by atoms with van der Waals surface area (Å²) in [5.74, 6) is -0.0179. The van der Waals surface area contributed by atoms with Crippen molar-refractivity contribution in [3.63, 3.8) is 0 Å². The fraction of sp³-hybridized carbons (Fsp3) is 0.471. The van der Waals surface area contributed by atoms with E-state index in [2.05, 4.69) is 5.32 Å². The smallest absolute Gasteiger partial charge is 0.220 e. The van der Waals surface area contributed by atoms with Crippen molar-refractivity contribution >= 4 is 27.3 Å². The maximum Gasteiger partial charge on any atom is 0.220 e. The maximum atomic E-state index is 11.8. The number of rotatable bonds is 6. The standard InChI is InChI=1S/C17H21NO3S/c19-14(16-10-12-4-1-2-6-15(12)22-16)11-18-17(20)8-7-13-5-3-9-21-13/h1-2,4,6,10,13-14,19H,3,5,7-9,11H2,(H,18,20). The quantitative estimate of drug-likeness (QED) is 0.860. The highest BCUT2D eigenvalue weighted by atomic mass is 32.1. The summed E-state index contributed by atoms with van der Waals surface area (Å²) in [6.07, 6.45) is 2.96. The normalized spacial score (nSPS) is 19.4. The number of fused-ring (bicyclic) bond motifs is 1. The van der Waals surface area contributed by atoms with Crippen LogP contribution in [0.3, 0.4) is 0 Å². The summed E-state index contributed by atoms with van der Waals surface area (Å²) in [4.78, 5) is 12.7. The summed E-state index contributed by atoms with van der Waals surface area (Å²) in [6, 6.07) is 10.0. The third-order valence-corrected chi connectivity index (χ3v) is 5.20. The molecule has 3 rings (SSSR count). The molecular formula is C17H21NO3S. The fourth-order valence-electron chi connectivity index (χ4n) is 2.73. The van der Waals surface area contributed by atoms with Crippen LogP contribution in [0, 0.1) is 0 Å². The van der Waals surface area contributed by atoms with Gasteiger partial charge in [-0.15, -0.1) is 11.3 Å². The van der Waals surface area contributed by atoms with Gasteiger partial charge < -0.3 is 15.2 Å². The molecule has 2 N–H and O–H groups in total. The second-order valence-corrected chi connectivity index (χ2v) is 6.80. The molecule has 1 amide bonds. The first-order chi connectivity index (χ1) is 10.7. The number of benzene rings is 1. The molecule has 22 heavy (non-hydrogen) atoms. The predicted molar refractivity (Wildman–Crippen MR) is 88.0 cm³/mol. The zero-order valence-electron chi connectivity index (χ0n) is 12.5. The van der Waals surface area contributed by atoms with E-state index in [1.165, 1.54) is 0 Å². The average Bonchev–Trinajstić information content (AvgIpc) is 3.19. The molecule has 1 aliphatic rings. The van der Waals surface area contributed by atoms with E-state index in [0.29, 0.717) is 6.42 Å². The van der Waals surface area contributed by atoms with Gasteiger partial charge in [0, 0.05) is 29.1 Å². The van der Waals surface area contributed by atoms with E-state index in [0.717, 1.165) is 40.8 Å². The highest BCUT2D eigenvalue weighted by Gasteiger charge is 2.17. The van der Waals surface area contributed by atoms with Gasteiger partial charge in [-0.05, 0) is 36.8 Å². The molecule has 2 atom stereocenters. The first kappa shape index (κ1) is 15.5. The Labute approximate surface area is 134 Å². The minimum atomic E-state index is -0.649. The van der Waals surface area contributed by atoms with E-state index in [1.807, 2.05) is 30.3 Å². The van der Waals surface area contributed by atoms with Crippen LogP contribution in [0.25, 0.3) is 10.1 Å². The van der Waals surface area contributed by atoms with Crippen molar-refractivity contribution in [3.05, 3.63) is 35.2 Å². The second-order valence-electron chi connectivity index (χ2n) is 5.68. The van der Waals surface area contributed by atoms with Gasteiger partial charge in [0.15, 0.2) is 0 Å². The Hall–Kier alpha value is -1.43. The summed E-state index contributed by atoms with van der Waals surface area (Å²) >= 11 is 1.57. The van der Waals surface area contributed by atoms with Crippen LogP contribution < -0.4 is 5.32 Å². The molecule has 0 spiro atoms. The molecule has 2 aromatic rings. The van der Waals surface area contributed by atoms with E-state index in [1.54, 1.807) is 11.3 Å². The van der Waals surface area contributed by atoms with Crippen LogP contribution >= 0.6 is 11.3 Å². The molecule has 0 bridgehead atoms. The topological polar surface area (TPSA) is 58.6 Å². The number of carbonyl (C=O) groups is 1. The Morgan fingerprint density at radius 1 is 1.45 bits per heavy atom. The summed E-state index contributed by atoms with van der Waals surface area (Å²) in [7, 11) is 0. The number of aliphatic hydroxyl groups is 1. The maximum absolute atomic E-state index is 11.8. The van der Waals surface area contributed by atoms with Crippen LogP contribution in [0.4, 0.5) is 0 Å². The molecule has 1 saturated heterocycles. The molecule has 1 aliphatic heterocycles. The van der Waals surface area contributed by atoms with Gasteiger partial charge in [-0.25, -0.2) is 0 Å². The lowest BCUT2D eigenvalue weighted by Crippen LogP contribution is -2.28. The number of aliphatic hydroxyl groups excluding tert-OH is 1. The Morgan fingerprint density at radius 3 is 3.09 bits per heavy atom. The number of hydrogen-bond donors (Lipinski definition) is 2. The Morgan fingerprint density at radius 2 is 2.32 bits per heavy atom. The lowest BCUT2D eigenvalue weighted by Gasteiger charge is -2.12.